The molecule has 0 spiro atoms. The predicted octanol–water partition coefficient (Wildman–Crippen LogP) is 2.30. The summed E-state index contributed by atoms with van der Waals surface area (Å²) < 4.78 is 29.0. The highest BCUT2D eigenvalue weighted by atomic mass is 19.1. The predicted molar refractivity (Wildman–Crippen MR) is 86.4 cm³/mol. The Morgan fingerprint density at radius 2 is 1.80 bits per heavy atom. The van der Waals surface area contributed by atoms with E-state index in [1.807, 2.05) is 0 Å². The lowest BCUT2D eigenvalue weighted by molar-refractivity contribution is 0.625. The van der Waals surface area contributed by atoms with Gasteiger partial charge in [-0.05, 0) is 35.9 Å². The topological polar surface area (TPSA) is 65.6 Å². The zero-order chi connectivity index (χ0) is 17.4. The van der Waals surface area contributed by atoms with Crippen molar-refractivity contribution in [3.05, 3.63) is 82.4 Å². The van der Waals surface area contributed by atoms with E-state index in [1.54, 1.807) is 18.2 Å². The van der Waals surface area contributed by atoms with Crippen molar-refractivity contribution >= 4 is 11.2 Å². The summed E-state index contributed by atoms with van der Waals surface area (Å²) in [6, 6.07) is 11.6. The number of rotatable bonds is 3. The van der Waals surface area contributed by atoms with Crippen LogP contribution >= 0.6 is 0 Å². The molecular weight excluding hydrogens is 328 g/mol. The van der Waals surface area contributed by atoms with Crippen molar-refractivity contribution in [1.29, 1.82) is 0 Å². The molecule has 0 aliphatic carbocycles. The summed E-state index contributed by atoms with van der Waals surface area (Å²) in [7, 11) is 0. The van der Waals surface area contributed by atoms with E-state index in [2.05, 4.69) is 15.3 Å². The van der Waals surface area contributed by atoms with Gasteiger partial charge in [0.1, 0.15) is 18.0 Å². The van der Waals surface area contributed by atoms with Crippen molar-refractivity contribution in [3.63, 3.8) is 0 Å². The van der Waals surface area contributed by atoms with Crippen molar-refractivity contribution in [2.24, 2.45) is 0 Å². The molecule has 25 heavy (non-hydrogen) atoms. The molecule has 8 heteroatoms. The molecule has 2 aromatic carbocycles. The van der Waals surface area contributed by atoms with Crippen LogP contribution in [0.15, 0.2) is 59.7 Å². The normalized spacial score (nSPS) is 11.1. The molecule has 0 amide bonds. The van der Waals surface area contributed by atoms with E-state index >= 15 is 0 Å². The molecule has 6 nitrogen and oxygen atoms in total. The van der Waals surface area contributed by atoms with Crippen LogP contribution in [0.2, 0.25) is 0 Å². The van der Waals surface area contributed by atoms with Gasteiger partial charge in [-0.15, -0.1) is 5.10 Å². The minimum Gasteiger partial charge on any atom is -0.293 e. The fraction of sp³-hybridized carbons (Fsp3) is 0.0588. The van der Waals surface area contributed by atoms with E-state index < -0.39 is 5.82 Å². The lowest BCUT2D eigenvalue weighted by Crippen LogP contribution is -2.21. The van der Waals surface area contributed by atoms with Gasteiger partial charge in [0, 0.05) is 0 Å². The van der Waals surface area contributed by atoms with Gasteiger partial charge in [-0.2, -0.15) is 4.68 Å². The van der Waals surface area contributed by atoms with Crippen molar-refractivity contribution < 1.29 is 8.78 Å². The third kappa shape index (κ3) is 2.78. The largest absolute Gasteiger partial charge is 0.293 e. The van der Waals surface area contributed by atoms with E-state index in [9.17, 15) is 13.6 Å². The molecule has 0 radical (unpaired) electrons. The molecule has 0 atom stereocenters. The van der Waals surface area contributed by atoms with Gasteiger partial charge in [-0.25, -0.2) is 13.8 Å². The summed E-state index contributed by atoms with van der Waals surface area (Å²) in [5.41, 5.74) is 1.12. The minimum absolute atomic E-state index is 0.0777. The minimum atomic E-state index is -0.425. The van der Waals surface area contributed by atoms with Gasteiger partial charge < -0.3 is 0 Å². The van der Waals surface area contributed by atoms with Crippen molar-refractivity contribution in [2.75, 3.05) is 0 Å². The highest BCUT2D eigenvalue weighted by Crippen LogP contribution is 2.13. The lowest BCUT2D eigenvalue weighted by Gasteiger charge is -2.06. The van der Waals surface area contributed by atoms with Crippen LogP contribution in [0.25, 0.3) is 16.9 Å². The summed E-state index contributed by atoms with van der Waals surface area (Å²) in [4.78, 5) is 16.8. The van der Waals surface area contributed by atoms with Crippen molar-refractivity contribution in [3.8, 4) is 5.69 Å². The van der Waals surface area contributed by atoms with Crippen molar-refractivity contribution in [2.45, 2.75) is 6.54 Å². The summed E-state index contributed by atoms with van der Waals surface area (Å²) in [5, 5.41) is 7.78. The molecule has 0 N–H and O–H groups in total. The van der Waals surface area contributed by atoms with Gasteiger partial charge in [-0.1, -0.05) is 23.4 Å². The molecular formula is C17H11F2N5O. The maximum Gasteiger partial charge on any atom is 0.283 e. The summed E-state index contributed by atoms with van der Waals surface area (Å²) >= 11 is 0. The quantitative estimate of drug-likeness (QED) is 0.574. The second-order valence-corrected chi connectivity index (χ2v) is 5.46. The molecule has 0 saturated heterocycles. The van der Waals surface area contributed by atoms with Crippen LogP contribution in [0, 0.1) is 11.6 Å². The Morgan fingerprint density at radius 1 is 1.00 bits per heavy atom. The number of hydrogen-bond acceptors (Lipinski definition) is 4. The Labute approximate surface area is 140 Å². The second-order valence-electron chi connectivity index (χ2n) is 5.46. The number of nitrogens with zero attached hydrogens (tertiary/aromatic N) is 5. The molecule has 2 aromatic heterocycles. The number of fused-ring (bicyclic) bond motifs is 1. The van der Waals surface area contributed by atoms with E-state index in [0.717, 1.165) is 5.56 Å². The molecule has 0 unspecified atom stereocenters. The summed E-state index contributed by atoms with van der Waals surface area (Å²) in [6.07, 6.45) is 1.37. The molecule has 2 heterocycles. The van der Waals surface area contributed by atoms with E-state index in [1.165, 1.54) is 45.9 Å². The monoisotopic (exact) mass is 339 g/mol. The van der Waals surface area contributed by atoms with Crippen LogP contribution < -0.4 is 5.56 Å². The zero-order valence-corrected chi connectivity index (χ0v) is 12.8. The average Bonchev–Trinajstić information content (AvgIpc) is 3.04. The Bertz CT molecular complexity index is 1120. The lowest BCUT2D eigenvalue weighted by atomic mass is 10.2. The van der Waals surface area contributed by atoms with E-state index in [-0.39, 0.29) is 29.1 Å². The highest BCUT2D eigenvalue weighted by molar-refractivity contribution is 5.70. The van der Waals surface area contributed by atoms with Gasteiger partial charge in [0.15, 0.2) is 11.2 Å². The maximum atomic E-state index is 13.4. The third-order valence-corrected chi connectivity index (χ3v) is 3.75. The van der Waals surface area contributed by atoms with Crippen molar-refractivity contribution in [1.82, 2.24) is 24.5 Å². The van der Waals surface area contributed by atoms with E-state index in [4.69, 9.17) is 0 Å². The van der Waals surface area contributed by atoms with Gasteiger partial charge >= 0.3 is 0 Å². The Kier molecular flexibility index (Phi) is 3.57. The average molecular weight is 339 g/mol. The second kappa shape index (κ2) is 5.90. The van der Waals surface area contributed by atoms with Gasteiger partial charge in [-0.3, -0.25) is 9.36 Å². The Hall–Kier alpha value is -3.42. The third-order valence-electron chi connectivity index (χ3n) is 3.75. The van der Waals surface area contributed by atoms with Crippen LogP contribution in [0.5, 0.6) is 0 Å². The maximum absolute atomic E-state index is 13.4. The zero-order valence-electron chi connectivity index (χ0n) is 12.8. The van der Waals surface area contributed by atoms with Crippen LogP contribution in [0.1, 0.15) is 5.56 Å². The SMILES string of the molecule is O=c1c2nnn(-c3cccc(F)c3)c2ncn1Cc1ccc(F)cc1. The molecule has 124 valence electrons. The van der Waals surface area contributed by atoms with Gasteiger partial charge in [0.2, 0.25) is 0 Å². The fourth-order valence-corrected chi connectivity index (χ4v) is 2.52. The molecule has 4 aromatic rings. The molecule has 0 saturated carbocycles. The van der Waals surface area contributed by atoms with Crippen LogP contribution in [0.3, 0.4) is 0 Å². The first-order valence-electron chi connectivity index (χ1n) is 7.43. The fourth-order valence-electron chi connectivity index (χ4n) is 2.52. The number of halogens is 2. The molecule has 4 rings (SSSR count). The number of aromatic nitrogens is 5. The first-order valence-corrected chi connectivity index (χ1v) is 7.43. The summed E-state index contributed by atoms with van der Waals surface area (Å²) in [6.45, 7) is 0.231. The molecule has 0 aliphatic heterocycles. The molecule has 0 fully saturated rings. The molecule has 0 aliphatic rings. The van der Waals surface area contributed by atoms with Crippen LogP contribution in [-0.2, 0) is 6.54 Å². The number of benzene rings is 2. The van der Waals surface area contributed by atoms with Gasteiger partial charge in [0.05, 0.1) is 12.2 Å². The van der Waals surface area contributed by atoms with Crippen LogP contribution in [0.4, 0.5) is 8.78 Å². The van der Waals surface area contributed by atoms with Gasteiger partial charge in [0.25, 0.3) is 5.56 Å². The Morgan fingerprint density at radius 3 is 2.56 bits per heavy atom. The van der Waals surface area contributed by atoms with Crippen LogP contribution in [-0.4, -0.2) is 24.5 Å². The van der Waals surface area contributed by atoms with E-state index in [0.29, 0.717) is 5.69 Å². The first kappa shape index (κ1) is 15.1. The molecule has 0 bridgehead atoms. The summed E-state index contributed by atoms with van der Waals surface area (Å²) in [5.74, 6) is -0.770. The number of hydrogen-bond donors (Lipinski definition) is 0. The Balaban J connectivity index is 1.77. The standard InChI is InChI=1S/C17H11F2N5O/c18-12-6-4-11(5-7-12)9-23-10-20-16-15(17(23)25)21-22-24(16)14-3-1-2-13(19)8-14/h1-8,10H,9H2. The smallest absolute Gasteiger partial charge is 0.283 e. The highest BCUT2D eigenvalue weighted by Gasteiger charge is 2.13. The first-order chi connectivity index (χ1) is 12.1.